The zero-order valence-corrected chi connectivity index (χ0v) is 7.24. The number of hydrogen-bond donors (Lipinski definition) is 1. The number of rotatable bonds is 2. The summed E-state index contributed by atoms with van der Waals surface area (Å²) in [4.78, 5) is 0. The van der Waals surface area contributed by atoms with E-state index < -0.39 is 0 Å². The number of piperidine rings is 1. The Hall–Kier alpha value is -0.0400. The molecule has 60 valence electrons. The van der Waals surface area contributed by atoms with Crippen molar-refractivity contribution in [2.45, 2.75) is 39.5 Å². The third-order valence-electron chi connectivity index (χ3n) is 3.06. The van der Waals surface area contributed by atoms with Crippen LogP contribution in [0.4, 0.5) is 0 Å². The molecule has 0 saturated carbocycles. The average molecular weight is 141 g/mol. The van der Waals surface area contributed by atoms with Gasteiger partial charge in [-0.2, -0.15) is 0 Å². The predicted molar refractivity (Wildman–Crippen MR) is 45.1 cm³/mol. The minimum atomic E-state index is 0.651. The van der Waals surface area contributed by atoms with E-state index in [4.69, 9.17) is 0 Å². The highest BCUT2D eigenvalue weighted by Crippen LogP contribution is 2.32. The Bertz CT molecular complexity index is 86.9. The van der Waals surface area contributed by atoms with E-state index in [0.29, 0.717) is 5.41 Å². The summed E-state index contributed by atoms with van der Waals surface area (Å²) in [6, 6.07) is 0. The monoisotopic (exact) mass is 141 g/mol. The SMILES string of the molecule is CCC1(CC)CCCNC1. The topological polar surface area (TPSA) is 12.0 Å². The first kappa shape index (κ1) is 8.06. The van der Waals surface area contributed by atoms with Gasteiger partial charge in [0.2, 0.25) is 0 Å². The van der Waals surface area contributed by atoms with E-state index in [1.165, 1.54) is 38.8 Å². The minimum absolute atomic E-state index is 0.651. The lowest BCUT2D eigenvalue weighted by atomic mass is 9.76. The van der Waals surface area contributed by atoms with E-state index in [2.05, 4.69) is 19.2 Å². The molecule has 1 N–H and O–H groups in total. The lowest BCUT2D eigenvalue weighted by Gasteiger charge is -2.35. The maximum Gasteiger partial charge on any atom is 0.000761 e. The molecule has 1 heterocycles. The Kier molecular flexibility index (Phi) is 2.72. The van der Waals surface area contributed by atoms with Gasteiger partial charge in [0.05, 0.1) is 0 Å². The van der Waals surface area contributed by atoms with Crippen LogP contribution in [0.1, 0.15) is 39.5 Å². The largest absolute Gasteiger partial charge is 0.316 e. The van der Waals surface area contributed by atoms with Crippen LogP contribution in [0, 0.1) is 5.41 Å². The van der Waals surface area contributed by atoms with Crippen LogP contribution in [0.25, 0.3) is 0 Å². The van der Waals surface area contributed by atoms with Crippen molar-refractivity contribution in [3.63, 3.8) is 0 Å². The maximum atomic E-state index is 3.48. The third-order valence-corrected chi connectivity index (χ3v) is 3.06. The first-order valence-corrected chi connectivity index (χ1v) is 4.54. The molecule has 1 saturated heterocycles. The molecule has 1 aliphatic heterocycles. The summed E-state index contributed by atoms with van der Waals surface area (Å²) in [7, 11) is 0. The van der Waals surface area contributed by atoms with E-state index >= 15 is 0 Å². The highest BCUT2D eigenvalue weighted by atomic mass is 14.9. The molecule has 1 nitrogen and oxygen atoms in total. The molecule has 1 aliphatic rings. The molecule has 0 aliphatic carbocycles. The van der Waals surface area contributed by atoms with Crippen molar-refractivity contribution in [2.75, 3.05) is 13.1 Å². The molecule has 0 aromatic rings. The number of hydrogen-bond acceptors (Lipinski definition) is 1. The van der Waals surface area contributed by atoms with Gasteiger partial charge in [-0.15, -0.1) is 0 Å². The quantitative estimate of drug-likeness (QED) is 0.621. The first-order valence-electron chi connectivity index (χ1n) is 4.54. The van der Waals surface area contributed by atoms with E-state index in [0.717, 1.165) is 0 Å². The van der Waals surface area contributed by atoms with Crippen LogP contribution in [0.3, 0.4) is 0 Å². The molecule has 0 spiro atoms. The molecular weight excluding hydrogens is 122 g/mol. The smallest absolute Gasteiger partial charge is 0.000761 e. The molecule has 1 fully saturated rings. The van der Waals surface area contributed by atoms with E-state index in [9.17, 15) is 0 Å². The lowest BCUT2D eigenvalue weighted by molar-refractivity contribution is 0.192. The standard InChI is InChI=1S/C9H19N/c1-3-9(4-2)6-5-7-10-8-9/h10H,3-8H2,1-2H3. The van der Waals surface area contributed by atoms with Gasteiger partial charge in [0.25, 0.3) is 0 Å². The summed E-state index contributed by atoms with van der Waals surface area (Å²) in [5.41, 5.74) is 0.651. The molecule has 0 amide bonds. The summed E-state index contributed by atoms with van der Waals surface area (Å²) in [5, 5.41) is 3.48. The Morgan fingerprint density at radius 3 is 2.30 bits per heavy atom. The van der Waals surface area contributed by atoms with Gasteiger partial charge in [-0.3, -0.25) is 0 Å². The molecular formula is C9H19N. The Labute approximate surface area is 64.2 Å². The van der Waals surface area contributed by atoms with Crippen molar-refractivity contribution in [3.05, 3.63) is 0 Å². The molecule has 0 unspecified atom stereocenters. The van der Waals surface area contributed by atoms with Gasteiger partial charge in [0, 0.05) is 6.54 Å². The Morgan fingerprint density at radius 1 is 1.30 bits per heavy atom. The average Bonchev–Trinajstić information content (AvgIpc) is 2.06. The summed E-state index contributed by atoms with van der Waals surface area (Å²) >= 11 is 0. The van der Waals surface area contributed by atoms with Crippen molar-refractivity contribution in [3.8, 4) is 0 Å². The van der Waals surface area contributed by atoms with Crippen LogP contribution < -0.4 is 5.32 Å². The van der Waals surface area contributed by atoms with Crippen molar-refractivity contribution in [2.24, 2.45) is 5.41 Å². The molecule has 1 rings (SSSR count). The molecule has 0 radical (unpaired) electrons. The highest BCUT2D eigenvalue weighted by Gasteiger charge is 2.27. The summed E-state index contributed by atoms with van der Waals surface area (Å²) < 4.78 is 0. The van der Waals surface area contributed by atoms with Gasteiger partial charge in [0.1, 0.15) is 0 Å². The van der Waals surface area contributed by atoms with Crippen molar-refractivity contribution < 1.29 is 0 Å². The highest BCUT2D eigenvalue weighted by molar-refractivity contribution is 4.82. The van der Waals surface area contributed by atoms with Crippen molar-refractivity contribution >= 4 is 0 Å². The van der Waals surface area contributed by atoms with E-state index in [1.807, 2.05) is 0 Å². The first-order chi connectivity index (χ1) is 4.83. The van der Waals surface area contributed by atoms with Crippen LogP contribution in [0.15, 0.2) is 0 Å². The molecule has 0 aromatic carbocycles. The molecule has 0 aromatic heterocycles. The molecule has 0 atom stereocenters. The zero-order chi connectivity index (χ0) is 7.45. The predicted octanol–water partition coefficient (Wildman–Crippen LogP) is 2.18. The second-order valence-electron chi connectivity index (χ2n) is 3.49. The summed E-state index contributed by atoms with van der Waals surface area (Å²) in [6.45, 7) is 7.12. The van der Waals surface area contributed by atoms with Gasteiger partial charge in [-0.05, 0) is 37.6 Å². The van der Waals surface area contributed by atoms with Crippen molar-refractivity contribution in [1.29, 1.82) is 0 Å². The van der Waals surface area contributed by atoms with Crippen LogP contribution in [0.5, 0.6) is 0 Å². The number of nitrogens with one attached hydrogen (secondary N) is 1. The van der Waals surface area contributed by atoms with Crippen molar-refractivity contribution in [1.82, 2.24) is 5.32 Å². The van der Waals surface area contributed by atoms with E-state index in [1.54, 1.807) is 0 Å². The van der Waals surface area contributed by atoms with Crippen LogP contribution in [-0.4, -0.2) is 13.1 Å². The van der Waals surface area contributed by atoms with Gasteiger partial charge in [-0.25, -0.2) is 0 Å². The van der Waals surface area contributed by atoms with Gasteiger partial charge >= 0.3 is 0 Å². The Balaban J connectivity index is 2.44. The molecule has 0 bridgehead atoms. The van der Waals surface area contributed by atoms with Crippen LogP contribution in [-0.2, 0) is 0 Å². The molecule has 10 heavy (non-hydrogen) atoms. The van der Waals surface area contributed by atoms with Crippen LogP contribution in [0.2, 0.25) is 0 Å². The maximum absolute atomic E-state index is 3.48. The second-order valence-corrected chi connectivity index (χ2v) is 3.49. The summed E-state index contributed by atoms with van der Waals surface area (Å²) in [6.07, 6.45) is 5.50. The molecule has 1 heteroatoms. The fourth-order valence-electron chi connectivity index (χ4n) is 1.88. The zero-order valence-electron chi connectivity index (χ0n) is 7.24. The van der Waals surface area contributed by atoms with Crippen LogP contribution >= 0.6 is 0 Å². The normalized spacial score (nSPS) is 24.6. The van der Waals surface area contributed by atoms with Gasteiger partial charge in [-0.1, -0.05) is 13.8 Å². The fourth-order valence-corrected chi connectivity index (χ4v) is 1.88. The van der Waals surface area contributed by atoms with E-state index in [-0.39, 0.29) is 0 Å². The van der Waals surface area contributed by atoms with Gasteiger partial charge in [0.15, 0.2) is 0 Å². The Morgan fingerprint density at radius 2 is 2.00 bits per heavy atom. The second kappa shape index (κ2) is 3.38. The minimum Gasteiger partial charge on any atom is -0.316 e. The fraction of sp³-hybridized carbons (Fsp3) is 1.00. The third kappa shape index (κ3) is 1.51. The lowest BCUT2D eigenvalue weighted by Crippen LogP contribution is -2.39. The summed E-state index contributed by atoms with van der Waals surface area (Å²) in [5.74, 6) is 0. The van der Waals surface area contributed by atoms with Gasteiger partial charge < -0.3 is 5.32 Å².